The molecule has 2 unspecified atom stereocenters. The van der Waals surface area contributed by atoms with Gasteiger partial charge in [-0.1, -0.05) is 13.8 Å². The Morgan fingerprint density at radius 2 is 2.00 bits per heavy atom. The minimum absolute atomic E-state index is 0.00479. The Balaban J connectivity index is 1.70. The SMILES string of the molecule is CC(O)CC(=O)N1CCN(c2nc(C3CC3)c3c(c2C#N)CC(C)(C)OC3)CC1C(C)C. The van der Waals surface area contributed by atoms with Crippen LogP contribution in [0.1, 0.15) is 82.2 Å². The first-order valence-corrected chi connectivity index (χ1v) is 11.9. The number of anilines is 1. The van der Waals surface area contributed by atoms with E-state index in [1.54, 1.807) is 6.92 Å². The molecule has 0 aromatic carbocycles. The van der Waals surface area contributed by atoms with Gasteiger partial charge in [-0.25, -0.2) is 4.98 Å². The molecule has 1 aromatic heterocycles. The molecule has 0 radical (unpaired) electrons. The van der Waals surface area contributed by atoms with E-state index in [1.807, 2.05) is 4.90 Å². The number of nitrogens with zero attached hydrogens (tertiary/aromatic N) is 4. The lowest BCUT2D eigenvalue weighted by Gasteiger charge is -2.45. The highest BCUT2D eigenvalue weighted by Gasteiger charge is 2.39. The number of hydrogen-bond acceptors (Lipinski definition) is 6. The lowest BCUT2D eigenvalue weighted by molar-refractivity contribution is -0.136. The smallest absolute Gasteiger partial charge is 0.225 e. The Morgan fingerprint density at radius 1 is 1.28 bits per heavy atom. The second kappa shape index (κ2) is 8.64. The molecule has 2 fully saturated rings. The van der Waals surface area contributed by atoms with E-state index < -0.39 is 6.10 Å². The van der Waals surface area contributed by atoms with E-state index >= 15 is 0 Å². The number of carbonyl (C=O) groups is 1. The van der Waals surface area contributed by atoms with Crippen molar-refractivity contribution in [1.82, 2.24) is 9.88 Å². The van der Waals surface area contributed by atoms with Crippen molar-refractivity contribution in [3.8, 4) is 6.07 Å². The van der Waals surface area contributed by atoms with Crippen LogP contribution in [-0.4, -0.2) is 58.3 Å². The standard InChI is InChI=1S/C25H36N4O3/c1-15(2)21-13-28(8-9-29(21)22(31)10-16(3)30)24-19(12-26)18-11-25(4,5)32-14-20(18)23(27-24)17-6-7-17/h15-17,21,30H,6-11,13-14H2,1-5H3. The Labute approximate surface area is 191 Å². The van der Waals surface area contributed by atoms with E-state index in [-0.39, 0.29) is 29.9 Å². The number of amides is 1. The van der Waals surface area contributed by atoms with Crippen LogP contribution >= 0.6 is 0 Å². The number of pyridine rings is 1. The Morgan fingerprint density at radius 3 is 2.59 bits per heavy atom. The van der Waals surface area contributed by atoms with Crippen LogP contribution in [0.15, 0.2) is 0 Å². The van der Waals surface area contributed by atoms with Gasteiger partial charge in [0.1, 0.15) is 11.9 Å². The zero-order valence-electron chi connectivity index (χ0n) is 20.0. The van der Waals surface area contributed by atoms with Gasteiger partial charge in [0, 0.05) is 37.5 Å². The van der Waals surface area contributed by atoms with E-state index in [0.29, 0.717) is 44.1 Å². The first-order valence-electron chi connectivity index (χ1n) is 11.9. The zero-order chi connectivity index (χ0) is 23.2. The van der Waals surface area contributed by atoms with Crippen LogP contribution in [0, 0.1) is 17.2 Å². The quantitative estimate of drug-likeness (QED) is 0.757. The topological polar surface area (TPSA) is 89.7 Å². The molecule has 7 heteroatoms. The molecule has 1 amide bonds. The van der Waals surface area contributed by atoms with Crippen LogP contribution < -0.4 is 4.90 Å². The maximum atomic E-state index is 12.8. The molecule has 7 nitrogen and oxygen atoms in total. The number of aliphatic hydroxyl groups is 1. The summed E-state index contributed by atoms with van der Waals surface area (Å²) in [5.41, 5.74) is 3.71. The molecular weight excluding hydrogens is 404 g/mol. The highest BCUT2D eigenvalue weighted by molar-refractivity contribution is 5.77. The maximum absolute atomic E-state index is 12.8. The number of carbonyl (C=O) groups excluding carboxylic acids is 1. The van der Waals surface area contributed by atoms with Crippen LogP contribution in [0.25, 0.3) is 0 Å². The fourth-order valence-corrected chi connectivity index (χ4v) is 5.07. The zero-order valence-corrected chi connectivity index (χ0v) is 20.0. The number of ether oxygens (including phenoxy) is 1. The lowest BCUT2D eigenvalue weighted by atomic mass is 9.87. The van der Waals surface area contributed by atoms with Crippen LogP contribution in [0.2, 0.25) is 0 Å². The average Bonchev–Trinajstić information content (AvgIpc) is 3.56. The van der Waals surface area contributed by atoms with Gasteiger partial charge in [0.25, 0.3) is 0 Å². The molecule has 174 valence electrons. The monoisotopic (exact) mass is 440 g/mol. The molecule has 0 spiro atoms. The summed E-state index contributed by atoms with van der Waals surface area (Å²) in [4.78, 5) is 22.0. The van der Waals surface area contributed by atoms with Crippen LogP contribution in [0.5, 0.6) is 0 Å². The number of piperazine rings is 1. The summed E-state index contributed by atoms with van der Waals surface area (Å²) in [7, 11) is 0. The summed E-state index contributed by atoms with van der Waals surface area (Å²) in [5.74, 6) is 1.50. The first kappa shape index (κ1) is 23.0. The lowest BCUT2D eigenvalue weighted by Crippen LogP contribution is -2.58. The second-order valence-corrected chi connectivity index (χ2v) is 10.7. The molecule has 2 atom stereocenters. The molecule has 1 aromatic rings. The molecule has 4 rings (SSSR count). The Kier molecular flexibility index (Phi) is 6.21. The highest BCUT2D eigenvalue weighted by Crippen LogP contribution is 2.46. The number of rotatable bonds is 5. The van der Waals surface area contributed by atoms with Crippen LogP contribution in [-0.2, 0) is 22.6 Å². The van der Waals surface area contributed by atoms with Gasteiger partial charge in [-0.2, -0.15) is 5.26 Å². The number of aliphatic hydroxyl groups excluding tert-OH is 1. The molecule has 3 heterocycles. The molecule has 2 aliphatic heterocycles. The summed E-state index contributed by atoms with van der Waals surface area (Å²) in [6, 6.07) is 2.49. The summed E-state index contributed by atoms with van der Waals surface area (Å²) < 4.78 is 6.09. The highest BCUT2D eigenvalue weighted by atomic mass is 16.5. The normalized spacial score (nSPS) is 23.6. The number of fused-ring (bicyclic) bond motifs is 1. The van der Waals surface area contributed by atoms with Crippen molar-refractivity contribution in [3.63, 3.8) is 0 Å². The minimum Gasteiger partial charge on any atom is -0.393 e. The van der Waals surface area contributed by atoms with Crippen molar-refractivity contribution < 1.29 is 14.6 Å². The summed E-state index contributed by atoms with van der Waals surface area (Å²) in [6.07, 6.45) is 2.49. The summed E-state index contributed by atoms with van der Waals surface area (Å²) in [5, 5.41) is 19.9. The third kappa shape index (κ3) is 4.49. The number of aromatic nitrogens is 1. The van der Waals surface area contributed by atoms with Crippen molar-refractivity contribution in [3.05, 3.63) is 22.4 Å². The van der Waals surface area contributed by atoms with Gasteiger partial charge < -0.3 is 19.6 Å². The van der Waals surface area contributed by atoms with E-state index in [1.165, 1.54) is 0 Å². The Hall–Kier alpha value is -2.17. The molecule has 3 aliphatic rings. The van der Waals surface area contributed by atoms with Crippen molar-refractivity contribution in [1.29, 1.82) is 5.26 Å². The van der Waals surface area contributed by atoms with Gasteiger partial charge in [-0.05, 0) is 45.1 Å². The fourth-order valence-electron chi connectivity index (χ4n) is 5.07. The largest absolute Gasteiger partial charge is 0.393 e. The molecular formula is C25H36N4O3. The summed E-state index contributed by atoms with van der Waals surface area (Å²) >= 11 is 0. The Bertz CT molecular complexity index is 930. The van der Waals surface area contributed by atoms with Crippen molar-refractivity contribution in [2.24, 2.45) is 5.92 Å². The van der Waals surface area contributed by atoms with Gasteiger partial charge in [-0.15, -0.1) is 0 Å². The molecule has 1 N–H and O–H groups in total. The van der Waals surface area contributed by atoms with Gasteiger partial charge in [0.05, 0.1) is 42.0 Å². The van der Waals surface area contributed by atoms with E-state index in [4.69, 9.17) is 9.72 Å². The van der Waals surface area contributed by atoms with E-state index in [2.05, 4.69) is 38.7 Å². The average molecular weight is 441 g/mol. The second-order valence-electron chi connectivity index (χ2n) is 10.7. The van der Waals surface area contributed by atoms with E-state index in [0.717, 1.165) is 35.5 Å². The van der Waals surface area contributed by atoms with Gasteiger partial charge in [0.15, 0.2) is 0 Å². The first-order chi connectivity index (χ1) is 15.1. The van der Waals surface area contributed by atoms with E-state index in [9.17, 15) is 15.2 Å². The van der Waals surface area contributed by atoms with Crippen LogP contribution in [0.4, 0.5) is 5.82 Å². The predicted molar refractivity (Wildman–Crippen MR) is 122 cm³/mol. The summed E-state index contributed by atoms with van der Waals surface area (Å²) in [6.45, 7) is 12.4. The fraction of sp³-hybridized carbons (Fsp3) is 0.720. The number of hydrogen-bond donors (Lipinski definition) is 1. The molecule has 0 bridgehead atoms. The third-order valence-electron chi connectivity index (χ3n) is 6.99. The third-order valence-corrected chi connectivity index (χ3v) is 6.99. The molecule has 1 saturated heterocycles. The van der Waals surface area contributed by atoms with Crippen molar-refractivity contribution in [2.75, 3.05) is 24.5 Å². The molecule has 1 saturated carbocycles. The maximum Gasteiger partial charge on any atom is 0.225 e. The van der Waals surface area contributed by atoms with Gasteiger partial charge in [0.2, 0.25) is 5.91 Å². The minimum atomic E-state index is -0.646. The molecule has 1 aliphatic carbocycles. The van der Waals surface area contributed by atoms with Gasteiger partial charge >= 0.3 is 0 Å². The number of nitriles is 1. The van der Waals surface area contributed by atoms with Crippen LogP contribution in [0.3, 0.4) is 0 Å². The van der Waals surface area contributed by atoms with Gasteiger partial charge in [-0.3, -0.25) is 4.79 Å². The van der Waals surface area contributed by atoms with Crippen molar-refractivity contribution >= 4 is 11.7 Å². The predicted octanol–water partition coefficient (Wildman–Crippen LogP) is 3.13. The molecule has 32 heavy (non-hydrogen) atoms. The van der Waals surface area contributed by atoms with Crippen molar-refractivity contribution in [2.45, 2.75) is 90.6 Å².